The van der Waals surface area contributed by atoms with Crippen LogP contribution in [0.5, 0.6) is 0 Å². The Balaban J connectivity index is 1.28. The van der Waals surface area contributed by atoms with E-state index in [1.807, 2.05) is 37.3 Å². The normalized spacial score (nSPS) is 18.6. The van der Waals surface area contributed by atoms with Gasteiger partial charge < -0.3 is 14.6 Å². The molecular formula is C31H29N3O3. The third-order valence-electron chi connectivity index (χ3n) is 7.84. The number of nitrogens with one attached hydrogen (secondary N) is 1. The fraction of sp³-hybridized carbons (Fsp3) is 0.258. The van der Waals surface area contributed by atoms with Crippen molar-refractivity contribution in [3.8, 4) is 0 Å². The van der Waals surface area contributed by atoms with E-state index >= 15 is 0 Å². The number of aryl methyl sites for hydroxylation is 2. The first-order valence-corrected chi connectivity index (χ1v) is 12.8. The molecular weight excluding hydrogens is 462 g/mol. The van der Waals surface area contributed by atoms with Crippen LogP contribution < -0.4 is 5.32 Å². The molecule has 4 aromatic rings. The number of likely N-dealkylation sites (N-methyl/N-ethyl adjacent to an activating group) is 1. The van der Waals surface area contributed by atoms with Crippen LogP contribution in [0.3, 0.4) is 0 Å². The van der Waals surface area contributed by atoms with Gasteiger partial charge in [-0.2, -0.15) is 0 Å². The van der Waals surface area contributed by atoms with Crippen molar-refractivity contribution in [3.05, 3.63) is 107 Å². The number of furan rings is 1. The van der Waals surface area contributed by atoms with E-state index in [0.29, 0.717) is 18.6 Å². The van der Waals surface area contributed by atoms with E-state index in [-0.39, 0.29) is 17.9 Å². The van der Waals surface area contributed by atoms with Gasteiger partial charge >= 0.3 is 0 Å². The quantitative estimate of drug-likeness (QED) is 0.428. The van der Waals surface area contributed by atoms with Gasteiger partial charge in [0.1, 0.15) is 6.04 Å². The zero-order valence-electron chi connectivity index (χ0n) is 21.0. The number of amides is 2. The molecule has 2 amide bonds. The summed E-state index contributed by atoms with van der Waals surface area (Å²) in [6, 6.07) is 19.6. The lowest BCUT2D eigenvalue weighted by molar-refractivity contribution is -0.125. The van der Waals surface area contributed by atoms with Gasteiger partial charge in [0.2, 0.25) is 5.91 Å². The highest BCUT2D eigenvalue weighted by atomic mass is 16.3. The summed E-state index contributed by atoms with van der Waals surface area (Å²) in [7, 11) is 1.62. The second-order valence-electron chi connectivity index (χ2n) is 9.87. The van der Waals surface area contributed by atoms with Gasteiger partial charge in [-0.15, -0.1) is 0 Å². The maximum absolute atomic E-state index is 14.0. The van der Waals surface area contributed by atoms with Crippen molar-refractivity contribution < 1.29 is 14.0 Å². The third-order valence-corrected chi connectivity index (χ3v) is 7.84. The van der Waals surface area contributed by atoms with E-state index in [2.05, 4.69) is 40.6 Å². The number of benzene rings is 2. The van der Waals surface area contributed by atoms with Crippen molar-refractivity contribution in [1.29, 1.82) is 0 Å². The fourth-order valence-corrected chi connectivity index (χ4v) is 5.91. The number of rotatable bonds is 5. The topological polar surface area (TPSA) is 75.4 Å². The number of hydrogen-bond donors (Lipinski definition) is 1. The standard InChI is InChI=1S/C31H29N3O3/c1-19-25-17-23-6-3-4-8-24(23)26(25)18-28(30(35)32-2)34(19)31(36)29-22(13-15-37-29)12-10-20-9-11-21-7-5-14-33-27(21)16-20/h3-9,11,13-16,19,28H,10,12,17-18H2,1-2H3,(H,32,35)/t19?,28-/m1/s1. The summed E-state index contributed by atoms with van der Waals surface area (Å²) in [5.41, 5.74) is 7.83. The first-order valence-electron chi connectivity index (χ1n) is 12.8. The molecule has 1 aliphatic carbocycles. The molecule has 0 fully saturated rings. The molecule has 3 heterocycles. The van der Waals surface area contributed by atoms with E-state index in [1.165, 1.54) is 22.3 Å². The Bertz CT molecular complexity index is 1550. The number of carbonyl (C=O) groups is 2. The van der Waals surface area contributed by atoms with Crippen LogP contribution in [-0.2, 0) is 24.1 Å². The molecule has 0 spiro atoms. The largest absolute Gasteiger partial charge is 0.459 e. The maximum atomic E-state index is 14.0. The first-order chi connectivity index (χ1) is 18.0. The van der Waals surface area contributed by atoms with Gasteiger partial charge in [-0.25, -0.2) is 0 Å². The molecule has 6 heteroatoms. The zero-order chi connectivity index (χ0) is 25.5. The molecule has 6 nitrogen and oxygen atoms in total. The monoisotopic (exact) mass is 491 g/mol. The number of fused-ring (bicyclic) bond motifs is 3. The summed E-state index contributed by atoms with van der Waals surface area (Å²) in [5.74, 6) is -0.0732. The number of pyridine rings is 1. The maximum Gasteiger partial charge on any atom is 0.291 e. The van der Waals surface area contributed by atoms with Crippen LogP contribution in [0.1, 0.15) is 46.2 Å². The van der Waals surface area contributed by atoms with Crippen molar-refractivity contribution in [2.24, 2.45) is 0 Å². The predicted molar refractivity (Wildman–Crippen MR) is 143 cm³/mol. The van der Waals surface area contributed by atoms with Gasteiger partial charge in [0.15, 0.2) is 5.76 Å². The van der Waals surface area contributed by atoms with Gasteiger partial charge in [0.05, 0.1) is 17.8 Å². The Morgan fingerprint density at radius 3 is 2.81 bits per heavy atom. The highest BCUT2D eigenvalue weighted by Gasteiger charge is 2.43. The molecule has 1 N–H and O–H groups in total. The molecule has 6 rings (SSSR count). The zero-order valence-corrected chi connectivity index (χ0v) is 21.0. The molecule has 1 aliphatic heterocycles. The molecule has 37 heavy (non-hydrogen) atoms. The van der Waals surface area contributed by atoms with Gasteiger partial charge in [-0.05, 0) is 72.2 Å². The SMILES string of the molecule is CNC(=O)[C@H]1CC2=C(Cc3ccccc32)C(C)N1C(=O)c1occc1CCc1ccc2cccnc2c1. The Kier molecular flexibility index (Phi) is 5.87. The minimum absolute atomic E-state index is 0.159. The molecule has 2 aromatic heterocycles. The molecule has 2 atom stereocenters. The van der Waals surface area contributed by atoms with Crippen LogP contribution in [0.15, 0.2) is 83.1 Å². The van der Waals surface area contributed by atoms with E-state index in [4.69, 9.17) is 4.42 Å². The van der Waals surface area contributed by atoms with Crippen molar-refractivity contribution in [3.63, 3.8) is 0 Å². The molecule has 0 saturated carbocycles. The van der Waals surface area contributed by atoms with Crippen molar-refractivity contribution in [1.82, 2.24) is 15.2 Å². The Hall–Kier alpha value is -4.19. The van der Waals surface area contributed by atoms with Crippen molar-refractivity contribution in [2.75, 3.05) is 7.05 Å². The predicted octanol–water partition coefficient (Wildman–Crippen LogP) is 4.97. The lowest BCUT2D eigenvalue weighted by Gasteiger charge is -2.40. The van der Waals surface area contributed by atoms with E-state index in [1.54, 1.807) is 24.4 Å². The minimum Gasteiger partial charge on any atom is -0.459 e. The molecule has 0 radical (unpaired) electrons. The highest BCUT2D eigenvalue weighted by molar-refractivity contribution is 5.99. The minimum atomic E-state index is -0.595. The van der Waals surface area contributed by atoms with Gasteiger partial charge in [0.25, 0.3) is 5.91 Å². The first kappa shape index (κ1) is 23.2. The Labute approximate surface area is 216 Å². The molecule has 1 unspecified atom stereocenters. The highest BCUT2D eigenvalue weighted by Crippen LogP contribution is 2.43. The molecule has 0 saturated heterocycles. The molecule has 2 aliphatic rings. The lowest BCUT2D eigenvalue weighted by atomic mass is 9.88. The molecule has 2 aromatic carbocycles. The smallest absolute Gasteiger partial charge is 0.291 e. The summed E-state index contributed by atoms with van der Waals surface area (Å²) in [6.45, 7) is 2.03. The molecule has 186 valence electrons. The Morgan fingerprint density at radius 1 is 1.08 bits per heavy atom. The Morgan fingerprint density at radius 2 is 1.95 bits per heavy atom. The summed E-state index contributed by atoms with van der Waals surface area (Å²) in [5, 5.41) is 3.88. The average Bonchev–Trinajstić information content (AvgIpc) is 3.56. The van der Waals surface area contributed by atoms with Crippen LogP contribution >= 0.6 is 0 Å². The van der Waals surface area contributed by atoms with Crippen LogP contribution in [0.4, 0.5) is 0 Å². The lowest BCUT2D eigenvalue weighted by Crippen LogP contribution is -2.55. The van der Waals surface area contributed by atoms with Crippen molar-refractivity contribution >= 4 is 28.3 Å². The second-order valence-corrected chi connectivity index (χ2v) is 9.87. The van der Waals surface area contributed by atoms with Gasteiger partial charge in [0, 0.05) is 30.6 Å². The average molecular weight is 492 g/mol. The van der Waals surface area contributed by atoms with Gasteiger partial charge in [-0.1, -0.05) is 42.5 Å². The van der Waals surface area contributed by atoms with E-state index in [0.717, 1.165) is 34.9 Å². The van der Waals surface area contributed by atoms with E-state index in [9.17, 15) is 9.59 Å². The van der Waals surface area contributed by atoms with Crippen molar-refractivity contribution in [2.45, 2.75) is 44.7 Å². The summed E-state index contributed by atoms with van der Waals surface area (Å²) >= 11 is 0. The third kappa shape index (κ3) is 4.02. The number of aromatic nitrogens is 1. The number of hydrogen-bond acceptors (Lipinski definition) is 4. The summed E-state index contributed by atoms with van der Waals surface area (Å²) < 4.78 is 5.77. The van der Waals surface area contributed by atoms with Gasteiger partial charge in [-0.3, -0.25) is 14.6 Å². The van der Waals surface area contributed by atoms with Crippen LogP contribution in [0, 0.1) is 0 Å². The van der Waals surface area contributed by atoms with Crippen LogP contribution in [0.2, 0.25) is 0 Å². The van der Waals surface area contributed by atoms with Crippen LogP contribution in [-0.4, -0.2) is 40.8 Å². The number of carbonyl (C=O) groups excluding carboxylic acids is 2. The summed E-state index contributed by atoms with van der Waals surface area (Å²) in [6.07, 6.45) is 6.09. The fourth-order valence-electron chi connectivity index (χ4n) is 5.91. The summed E-state index contributed by atoms with van der Waals surface area (Å²) in [4.78, 5) is 33.2. The second kappa shape index (κ2) is 9.36. The molecule has 0 bridgehead atoms. The van der Waals surface area contributed by atoms with Crippen LogP contribution in [0.25, 0.3) is 16.5 Å². The van der Waals surface area contributed by atoms with E-state index < -0.39 is 6.04 Å². The number of nitrogens with zero attached hydrogens (tertiary/aromatic N) is 2.